The van der Waals surface area contributed by atoms with Crippen LogP contribution in [-0.4, -0.2) is 71.0 Å². The highest BCUT2D eigenvalue weighted by Crippen LogP contribution is 2.47. The highest BCUT2D eigenvalue weighted by atomic mass is 35.5. The Labute approximate surface area is 214 Å². The molecule has 9 heteroatoms. The maximum atomic E-state index is 13.7. The van der Waals surface area contributed by atoms with E-state index < -0.39 is 30.3 Å². The van der Waals surface area contributed by atoms with E-state index in [4.69, 9.17) is 21.1 Å². The van der Waals surface area contributed by atoms with Gasteiger partial charge < -0.3 is 29.9 Å². The second-order valence-electron chi connectivity index (χ2n) is 9.27. The summed E-state index contributed by atoms with van der Waals surface area (Å²) in [5.74, 6) is -0.511. The molecule has 0 bridgehead atoms. The number of benzene rings is 2. The number of fused-ring (bicyclic) bond motifs is 3. The Hall–Kier alpha value is -2.91. The Bertz CT molecular complexity index is 1150. The van der Waals surface area contributed by atoms with Gasteiger partial charge in [0.1, 0.15) is 24.1 Å². The van der Waals surface area contributed by atoms with Crippen LogP contribution in [0.1, 0.15) is 29.9 Å². The molecule has 0 aromatic heterocycles. The van der Waals surface area contributed by atoms with Gasteiger partial charge in [-0.2, -0.15) is 0 Å². The molecule has 2 amide bonds. The molecule has 0 spiro atoms. The van der Waals surface area contributed by atoms with E-state index in [9.17, 15) is 19.8 Å². The average Bonchev–Trinajstić information content (AvgIpc) is 3.56. The first-order chi connectivity index (χ1) is 17.5. The highest BCUT2D eigenvalue weighted by Gasteiger charge is 2.51. The number of nitrogens with zero attached hydrogens (tertiary/aromatic N) is 1. The predicted octanol–water partition coefficient (Wildman–Crippen LogP) is 2.17. The lowest BCUT2D eigenvalue weighted by Crippen LogP contribution is -2.57. The van der Waals surface area contributed by atoms with Crippen molar-refractivity contribution in [3.05, 3.63) is 76.3 Å². The van der Waals surface area contributed by atoms with Crippen molar-refractivity contribution in [2.75, 3.05) is 19.8 Å². The van der Waals surface area contributed by atoms with Crippen molar-refractivity contribution >= 4 is 23.4 Å². The molecule has 1 fully saturated rings. The molecule has 190 valence electrons. The minimum absolute atomic E-state index is 0.0899. The standard InChI is InChI=1S/C27H29ClN2O6/c28-17-9-7-16(8-10-17)15-30(27(34)22-6-3-13-35-22)20-14-19(26(33)29-11-12-31)23-18-4-1-2-5-21(18)36-25(23)24(20)32/h1-2,4-5,7-10,14,20,22-25,31-32H,3,6,11-13,15H2,(H,29,33). The average molecular weight is 513 g/mol. The van der Waals surface area contributed by atoms with Crippen LogP contribution in [0.5, 0.6) is 5.75 Å². The van der Waals surface area contributed by atoms with Crippen molar-refractivity contribution in [3.63, 3.8) is 0 Å². The highest BCUT2D eigenvalue weighted by molar-refractivity contribution is 6.30. The maximum absolute atomic E-state index is 13.7. The molecule has 2 aromatic rings. The molecule has 2 aromatic carbocycles. The molecule has 1 saturated heterocycles. The van der Waals surface area contributed by atoms with Gasteiger partial charge in [0.05, 0.1) is 18.6 Å². The van der Waals surface area contributed by atoms with Gasteiger partial charge in [-0.3, -0.25) is 9.59 Å². The smallest absolute Gasteiger partial charge is 0.252 e. The largest absolute Gasteiger partial charge is 0.486 e. The molecule has 2 heterocycles. The van der Waals surface area contributed by atoms with Crippen LogP contribution in [-0.2, 0) is 20.9 Å². The Balaban J connectivity index is 1.55. The van der Waals surface area contributed by atoms with Crippen molar-refractivity contribution in [2.24, 2.45) is 0 Å². The van der Waals surface area contributed by atoms with Gasteiger partial charge in [-0.05, 0) is 42.7 Å². The van der Waals surface area contributed by atoms with Crippen LogP contribution >= 0.6 is 11.6 Å². The number of ether oxygens (including phenoxy) is 2. The number of hydrogen-bond acceptors (Lipinski definition) is 6. The molecule has 3 aliphatic rings. The quantitative estimate of drug-likeness (QED) is 0.525. The summed E-state index contributed by atoms with van der Waals surface area (Å²) in [6, 6.07) is 13.7. The number of para-hydroxylation sites is 1. The fraction of sp³-hybridized carbons (Fsp3) is 0.407. The number of carbonyl (C=O) groups is 2. The van der Waals surface area contributed by atoms with Crippen LogP contribution in [0.2, 0.25) is 5.02 Å². The van der Waals surface area contributed by atoms with Crippen LogP contribution < -0.4 is 10.1 Å². The summed E-state index contributed by atoms with van der Waals surface area (Å²) in [4.78, 5) is 28.5. The van der Waals surface area contributed by atoms with Crippen molar-refractivity contribution in [1.82, 2.24) is 10.2 Å². The second-order valence-corrected chi connectivity index (χ2v) is 9.71. The number of amides is 2. The van der Waals surface area contributed by atoms with Crippen molar-refractivity contribution in [1.29, 1.82) is 0 Å². The zero-order valence-electron chi connectivity index (χ0n) is 19.7. The molecule has 8 nitrogen and oxygen atoms in total. The lowest BCUT2D eigenvalue weighted by molar-refractivity contribution is -0.147. The molecule has 0 radical (unpaired) electrons. The zero-order chi connectivity index (χ0) is 25.2. The SMILES string of the molecule is O=C(NCCO)C1=CC(N(Cc2ccc(Cl)cc2)C(=O)C2CCCO2)C(O)C2Oc3ccccc3C12. The van der Waals surface area contributed by atoms with Crippen LogP contribution in [0.15, 0.2) is 60.2 Å². The van der Waals surface area contributed by atoms with Crippen LogP contribution in [0.25, 0.3) is 0 Å². The number of rotatable bonds is 7. The van der Waals surface area contributed by atoms with Crippen LogP contribution in [0.3, 0.4) is 0 Å². The van der Waals surface area contributed by atoms with E-state index in [1.165, 1.54) is 0 Å². The molecule has 5 unspecified atom stereocenters. The Kier molecular flexibility index (Phi) is 7.29. The minimum Gasteiger partial charge on any atom is -0.486 e. The molecular formula is C27H29ClN2O6. The Morgan fingerprint density at radius 1 is 1.14 bits per heavy atom. The predicted molar refractivity (Wildman–Crippen MR) is 133 cm³/mol. The van der Waals surface area contributed by atoms with Gasteiger partial charge in [0.2, 0.25) is 5.91 Å². The number of aliphatic hydroxyl groups excluding tert-OH is 2. The summed E-state index contributed by atoms with van der Waals surface area (Å²) >= 11 is 6.06. The Morgan fingerprint density at radius 2 is 1.92 bits per heavy atom. The number of hydrogen-bond donors (Lipinski definition) is 3. The molecule has 0 saturated carbocycles. The molecule has 5 atom stereocenters. The van der Waals surface area contributed by atoms with Crippen molar-refractivity contribution in [3.8, 4) is 5.75 Å². The summed E-state index contributed by atoms with van der Waals surface area (Å²) in [6.45, 7) is 0.592. The Morgan fingerprint density at radius 3 is 2.64 bits per heavy atom. The number of carbonyl (C=O) groups excluding carboxylic acids is 2. The van der Waals surface area contributed by atoms with Gasteiger partial charge in [-0.25, -0.2) is 0 Å². The molecule has 2 aliphatic heterocycles. The molecule has 3 N–H and O–H groups in total. The number of nitrogens with one attached hydrogen (secondary N) is 1. The second kappa shape index (κ2) is 10.6. The third-order valence-electron chi connectivity index (χ3n) is 6.99. The summed E-state index contributed by atoms with van der Waals surface area (Å²) in [5.41, 5.74) is 2.03. The third-order valence-corrected chi connectivity index (χ3v) is 7.24. The van der Waals surface area contributed by atoms with Gasteiger partial charge in [-0.1, -0.05) is 41.9 Å². The lowest BCUT2D eigenvalue weighted by Gasteiger charge is -2.41. The van der Waals surface area contributed by atoms with Gasteiger partial charge >= 0.3 is 0 Å². The van der Waals surface area contributed by atoms with E-state index in [0.29, 0.717) is 29.4 Å². The fourth-order valence-electron chi connectivity index (χ4n) is 5.27. The topological polar surface area (TPSA) is 108 Å². The first kappa shape index (κ1) is 24.8. The van der Waals surface area contributed by atoms with Gasteiger partial charge in [0.25, 0.3) is 5.91 Å². The minimum atomic E-state index is -1.09. The first-order valence-corrected chi connectivity index (χ1v) is 12.6. The molecular weight excluding hydrogens is 484 g/mol. The third kappa shape index (κ3) is 4.74. The van der Waals surface area contributed by atoms with Crippen LogP contribution in [0, 0.1) is 0 Å². The maximum Gasteiger partial charge on any atom is 0.252 e. The van der Waals surface area contributed by atoms with Gasteiger partial charge in [-0.15, -0.1) is 0 Å². The summed E-state index contributed by atoms with van der Waals surface area (Å²) in [6.07, 6.45) is 0.606. The normalized spacial score (nSPS) is 26.4. The summed E-state index contributed by atoms with van der Waals surface area (Å²) in [5, 5.41) is 24.1. The lowest BCUT2D eigenvalue weighted by atomic mass is 9.77. The molecule has 1 aliphatic carbocycles. The van der Waals surface area contributed by atoms with Crippen molar-refractivity contribution in [2.45, 2.75) is 49.7 Å². The van der Waals surface area contributed by atoms with Crippen LogP contribution in [0.4, 0.5) is 0 Å². The van der Waals surface area contributed by atoms with Crippen molar-refractivity contribution < 1.29 is 29.3 Å². The van der Waals surface area contributed by atoms with Gasteiger partial charge in [0.15, 0.2) is 0 Å². The monoisotopic (exact) mass is 512 g/mol. The zero-order valence-corrected chi connectivity index (χ0v) is 20.4. The first-order valence-electron chi connectivity index (χ1n) is 12.2. The molecule has 36 heavy (non-hydrogen) atoms. The van der Waals surface area contributed by atoms with E-state index in [-0.39, 0.29) is 31.5 Å². The summed E-state index contributed by atoms with van der Waals surface area (Å²) in [7, 11) is 0. The van der Waals surface area contributed by atoms with E-state index in [2.05, 4.69) is 5.32 Å². The van der Waals surface area contributed by atoms with E-state index in [1.54, 1.807) is 23.1 Å². The molecule has 5 rings (SSSR count). The number of aliphatic hydroxyl groups is 2. The fourth-order valence-corrected chi connectivity index (χ4v) is 5.39. The number of halogens is 1. The van der Waals surface area contributed by atoms with E-state index >= 15 is 0 Å². The van der Waals surface area contributed by atoms with E-state index in [0.717, 1.165) is 17.5 Å². The summed E-state index contributed by atoms with van der Waals surface area (Å²) < 4.78 is 11.8. The van der Waals surface area contributed by atoms with Gasteiger partial charge in [0, 0.05) is 35.9 Å². The van der Waals surface area contributed by atoms with E-state index in [1.807, 2.05) is 36.4 Å².